The molecule has 1 aromatic carbocycles. The summed E-state index contributed by atoms with van der Waals surface area (Å²) in [6.07, 6.45) is 0. The molecule has 0 saturated heterocycles. The van der Waals surface area contributed by atoms with E-state index in [1.54, 1.807) is 12.1 Å². The minimum atomic E-state index is -1.13. The largest absolute Gasteiger partial charge is 0.507 e. The number of rotatable bonds is 3. The van der Waals surface area contributed by atoms with Crippen LogP contribution in [0.15, 0.2) is 24.3 Å². The van der Waals surface area contributed by atoms with Crippen molar-refractivity contribution in [3.63, 3.8) is 0 Å². The summed E-state index contributed by atoms with van der Waals surface area (Å²) in [6, 6.07) is 5.92. The fourth-order valence-corrected chi connectivity index (χ4v) is 0.917. The van der Waals surface area contributed by atoms with E-state index in [1.807, 2.05) is 0 Å². The van der Waals surface area contributed by atoms with Gasteiger partial charge in [0.05, 0.1) is 5.56 Å². The Morgan fingerprint density at radius 2 is 1.93 bits per heavy atom. The van der Waals surface area contributed by atoms with Crippen LogP contribution in [-0.4, -0.2) is 28.6 Å². The van der Waals surface area contributed by atoms with Gasteiger partial charge in [0.2, 0.25) is 0 Å². The second-order valence-electron chi connectivity index (χ2n) is 2.59. The normalized spacial score (nSPS) is 9.43. The fourth-order valence-electron chi connectivity index (χ4n) is 0.917. The Bertz CT molecular complexity index is 362. The number of phenols is 1. The Hall–Kier alpha value is -2.04. The van der Waals surface area contributed by atoms with E-state index < -0.39 is 18.4 Å². The van der Waals surface area contributed by atoms with Crippen LogP contribution in [0.1, 0.15) is 10.4 Å². The van der Waals surface area contributed by atoms with Gasteiger partial charge in [0.1, 0.15) is 12.3 Å². The van der Waals surface area contributed by atoms with Crippen molar-refractivity contribution in [3.05, 3.63) is 29.8 Å². The minimum Gasteiger partial charge on any atom is -0.507 e. The molecule has 1 aromatic rings. The van der Waals surface area contributed by atoms with Gasteiger partial charge in [0.15, 0.2) is 0 Å². The average molecular weight is 198 g/mol. The number of aliphatic carboxylic acids is 1. The van der Waals surface area contributed by atoms with Crippen LogP contribution < -0.4 is 5.32 Å². The molecule has 5 heteroatoms. The van der Waals surface area contributed by atoms with Gasteiger partial charge in [-0.15, -0.1) is 0 Å². The molecular formula is C9H9NO4. The van der Waals surface area contributed by atoms with Crippen molar-refractivity contribution in [2.24, 2.45) is 0 Å². The van der Waals surface area contributed by atoms with E-state index in [4.69, 9.17) is 5.11 Å². The number of carbonyl (C=O) groups excluding carboxylic acids is 1. The van der Waals surface area contributed by atoms with E-state index >= 15 is 0 Å². The van der Waals surface area contributed by atoms with Crippen molar-refractivity contribution < 1.29 is 19.8 Å². The first-order valence-corrected chi connectivity index (χ1v) is 3.89. The quantitative estimate of drug-likeness (QED) is 0.478. The molecule has 0 heterocycles. The van der Waals surface area contributed by atoms with Crippen molar-refractivity contribution in [1.82, 2.24) is 5.32 Å². The van der Waals surface area contributed by atoms with Crippen LogP contribution in [0.5, 0.6) is 5.75 Å². The molecule has 1 amide bonds. The van der Waals surface area contributed by atoms with Gasteiger partial charge in [-0.25, -0.2) is 0 Å². The standard InChI is InChI=1S/C9H9NO4/c11-7-4-2-1-3-6(7)9(14)10-5-8(12)13/h1-4,11H,5H2,(H,10,14)(H,12,13)/i5+1,8+1,10+1. The number of para-hydroxylation sites is 1. The van der Waals surface area contributed by atoms with Crippen LogP contribution in [0.4, 0.5) is 0 Å². The van der Waals surface area contributed by atoms with E-state index in [0.29, 0.717) is 0 Å². The predicted octanol–water partition coefficient (Wildman–Crippen LogP) is 0.207. The number of amides is 1. The van der Waals surface area contributed by atoms with Crippen molar-refractivity contribution in [3.8, 4) is 5.75 Å². The number of carbonyl (C=O) groups is 2. The van der Waals surface area contributed by atoms with Crippen molar-refractivity contribution in [2.45, 2.75) is 0 Å². The SMILES string of the molecule is O=C([15NH][13CH2][13C](=O)O)c1ccccc1O. The van der Waals surface area contributed by atoms with Gasteiger partial charge in [-0.05, 0) is 12.1 Å². The fraction of sp³-hybridized carbons (Fsp3) is 0.111. The Labute approximate surface area is 80.0 Å². The van der Waals surface area contributed by atoms with Gasteiger partial charge < -0.3 is 15.5 Å². The zero-order valence-corrected chi connectivity index (χ0v) is 7.23. The summed E-state index contributed by atoms with van der Waals surface area (Å²) in [6.45, 7) is -0.465. The second kappa shape index (κ2) is 4.27. The first kappa shape index (κ1) is 10.0. The maximum absolute atomic E-state index is 11.2. The molecular weight excluding hydrogens is 189 g/mol. The molecule has 14 heavy (non-hydrogen) atoms. The zero-order valence-electron chi connectivity index (χ0n) is 7.23. The van der Waals surface area contributed by atoms with Crippen LogP contribution in [0.2, 0.25) is 0 Å². The first-order chi connectivity index (χ1) is 6.61. The lowest BCUT2D eigenvalue weighted by atomic mass is 10.2. The zero-order chi connectivity index (χ0) is 10.6. The number of nitrogens with one attached hydrogen (secondary N) is 1. The van der Waals surface area contributed by atoms with Crippen LogP contribution in [0.25, 0.3) is 0 Å². The number of carboxylic acid groups (broad SMARTS) is 1. The molecule has 0 atom stereocenters. The van der Waals surface area contributed by atoms with Crippen molar-refractivity contribution in [1.29, 1.82) is 0 Å². The third-order valence-corrected chi connectivity index (χ3v) is 1.55. The van der Waals surface area contributed by atoms with Crippen molar-refractivity contribution >= 4 is 11.9 Å². The molecule has 0 aliphatic rings. The molecule has 0 aliphatic carbocycles. The monoisotopic (exact) mass is 198 g/mol. The lowest BCUT2D eigenvalue weighted by Crippen LogP contribution is -2.29. The molecule has 0 aromatic heterocycles. The summed E-state index contributed by atoms with van der Waals surface area (Å²) in [5, 5.41) is 19.7. The lowest BCUT2D eigenvalue weighted by Gasteiger charge is -2.03. The minimum absolute atomic E-state index is 0.0637. The van der Waals surface area contributed by atoms with Crippen LogP contribution in [0.3, 0.4) is 0 Å². The van der Waals surface area contributed by atoms with Gasteiger partial charge in [0.25, 0.3) is 5.91 Å². The van der Waals surface area contributed by atoms with Crippen LogP contribution in [-0.2, 0) is 4.79 Å². The highest BCUT2D eigenvalue weighted by Gasteiger charge is 2.10. The molecule has 3 N–H and O–H groups in total. The molecule has 0 bridgehead atoms. The molecule has 5 nitrogen and oxygen atoms in total. The number of phenolic OH excluding ortho intramolecular Hbond substituents is 1. The molecule has 0 spiro atoms. The number of hydrogen-bond acceptors (Lipinski definition) is 3. The van der Waals surface area contributed by atoms with Crippen LogP contribution in [0, 0.1) is 0 Å². The highest BCUT2D eigenvalue weighted by atomic mass is 16.5. The molecule has 0 aliphatic heterocycles. The third kappa shape index (κ3) is 2.48. The van der Waals surface area contributed by atoms with E-state index in [1.165, 1.54) is 12.1 Å². The lowest BCUT2D eigenvalue weighted by molar-refractivity contribution is -0.135. The molecule has 0 saturated carbocycles. The Balaban J connectivity index is 2.70. The number of aromatic hydroxyl groups is 1. The second-order valence-corrected chi connectivity index (χ2v) is 2.59. The summed E-state index contributed by atoms with van der Waals surface area (Å²) < 4.78 is 0. The molecule has 0 fully saturated rings. The van der Waals surface area contributed by atoms with Gasteiger partial charge in [0, 0.05) is 0 Å². The van der Waals surface area contributed by atoms with E-state index in [0.717, 1.165) is 0 Å². The highest BCUT2D eigenvalue weighted by Crippen LogP contribution is 2.14. The van der Waals surface area contributed by atoms with Gasteiger partial charge in [-0.1, -0.05) is 12.1 Å². The van der Waals surface area contributed by atoms with Crippen molar-refractivity contribution in [2.75, 3.05) is 6.54 Å². The third-order valence-electron chi connectivity index (χ3n) is 1.55. The van der Waals surface area contributed by atoms with Gasteiger partial charge in [-0.3, -0.25) is 9.59 Å². The Morgan fingerprint density at radius 1 is 1.29 bits per heavy atom. The topological polar surface area (TPSA) is 86.6 Å². The molecule has 1 rings (SSSR count). The number of hydrogen-bond donors (Lipinski definition) is 3. The summed E-state index contributed by atoms with van der Waals surface area (Å²) in [4.78, 5) is 21.4. The van der Waals surface area contributed by atoms with Gasteiger partial charge in [-0.2, -0.15) is 0 Å². The first-order valence-electron chi connectivity index (χ1n) is 3.89. The summed E-state index contributed by atoms with van der Waals surface area (Å²) in [5.41, 5.74) is 0.0637. The summed E-state index contributed by atoms with van der Waals surface area (Å²) in [7, 11) is 0. The average Bonchev–Trinajstić information content (AvgIpc) is 2.15. The van der Waals surface area contributed by atoms with Gasteiger partial charge >= 0.3 is 5.97 Å². The maximum atomic E-state index is 11.2. The number of benzene rings is 1. The van der Waals surface area contributed by atoms with E-state index in [9.17, 15) is 14.7 Å². The maximum Gasteiger partial charge on any atom is 0.322 e. The molecule has 0 radical (unpaired) electrons. The number of carboxylic acids is 1. The van der Waals surface area contributed by atoms with E-state index in [-0.39, 0.29) is 11.3 Å². The smallest absolute Gasteiger partial charge is 0.322 e. The Morgan fingerprint density at radius 3 is 2.50 bits per heavy atom. The molecule has 74 valence electrons. The summed E-state index contributed by atoms with van der Waals surface area (Å²) in [5.74, 6) is -1.91. The molecule has 0 unspecified atom stereocenters. The van der Waals surface area contributed by atoms with E-state index in [2.05, 4.69) is 5.32 Å². The highest BCUT2D eigenvalue weighted by molar-refractivity contribution is 5.98. The predicted molar refractivity (Wildman–Crippen MR) is 48.1 cm³/mol. The Kier molecular flexibility index (Phi) is 3.06. The summed E-state index contributed by atoms with van der Waals surface area (Å²) >= 11 is 0. The van der Waals surface area contributed by atoms with Crippen LogP contribution >= 0.6 is 0 Å².